The largest absolute Gasteiger partial charge is 0.497 e. The number of H-pyrrole nitrogens is 1. The molecule has 1 amide bonds. The molecule has 1 aromatic carbocycles. The Labute approximate surface area is 162 Å². The highest BCUT2D eigenvalue weighted by Crippen LogP contribution is 2.37. The molecule has 0 spiro atoms. The van der Waals surface area contributed by atoms with Gasteiger partial charge in [-0.05, 0) is 43.0 Å². The van der Waals surface area contributed by atoms with Gasteiger partial charge in [0.15, 0.2) is 0 Å². The number of rotatable bonds is 4. The second-order valence-corrected chi connectivity index (χ2v) is 6.74. The second kappa shape index (κ2) is 7.67. The van der Waals surface area contributed by atoms with Crippen molar-refractivity contribution in [2.24, 2.45) is 0 Å². The van der Waals surface area contributed by atoms with Crippen molar-refractivity contribution in [2.75, 3.05) is 19.4 Å². The first-order valence-corrected chi connectivity index (χ1v) is 9.24. The Bertz CT molecular complexity index is 973. The molecule has 1 atom stereocenters. The zero-order valence-electron chi connectivity index (χ0n) is 15.6. The van der Waals surface area contributed by atoms with Crippen LogP contribution in [0, 0.1) is 0 Å². The minimum Gasteiger partial charge on any atom is -0.497 e. The lowest BCUT2D eigenvalue weighted by molar-refractivity contribution is 0.0600. The summed E-state index contributed by atoms with van der Waals surface area (Å²) in [6, 6.07) is 9.22. The summed E-state index contributed by atoms with van der Waals surface area (Å²) in [5.74, 6) is 0.853. The summed E-state index contributed by atoms with van der Waals surface area (Å²) in [5.41, 5.74) is 8.92. The van der Waals surface area contributed by atoms with Crippen LogP contribution in [0.5, 0.6) is 5.75 Å². The van der Waals surface area contributed by atoms with Crippen LogP contribution in [0.4, 0.5) is 5.95 Å². The lowest BCUT2D eigenvalue weighted by Crippen LogP contribution is -2.39. The monoisotopic (exact) mass is 378 g/mol. The number of amides is 1. The first kappa shape index (κ1) is 18.0. The molecule has 0 bridgehead atoms. The maximum Gasteiger partial charge on any atom is 0.272 e. The number of nitrogens with one attached hydrogen (secondary N) is 1. The summed E-state index contributed by atoms with van der Waals surface area (Å²) in [5, 5.41) is 6.67. The fourth-order valence-electron chi connectivity index (χ4n) is 3.66. The fraction of sp³-hybridized carbons (Fsp3) is 0.300. The number of anilines is 1. The zero-order chi connectivity index (χ0) is 19.5. The number of aromatic amines is 1. The minimum absolute atomic E-state index is 0.0871. The van der Waals surface area contributed by atoms with E-state index in [0.29, 0.717) is 12.2 Å². The summed E-state index contributed by atoms with van der Waals surface area (Å²) in [6.07, 6.45) is 6.08. The molecule has 0 aliphatic carbocycles. The molecule has 28 heavy (non-hydrogen) atoms. The average Bonchev–Trinajstić information content (AvgIpc) is 3.28. The molecule has 0 unspecified atom stereocenters. The van der Waals surface area contributed by atoms with E-state index in [1.165, 1.54) is 0 Å². The predicted molar refractivity (Wildman–Crippen MR) is 105 cm³/mol. The van der Waals surface area contributed by atoms with E-state index < -0.39 is 0 Å². The number of nitrogen functional groups attached to an aromatic ring is 1. The molecular weight excluding hydrogens is 356 g/mol. The molecule has 3 N–H and O–H groups in total. The summed E-state index contributed by atoms with van der Waals surface area (Å²) in [4.78, 5) is 23.6. The molecule has 8 nitrogen and oxygen atoms in total. The molecule has 8 heteroatoms. The number of benzene rings is 1. The first-order valence-electron chi connectivity index (χ1n) is 9.24. The maximum atomic E-state index is 13.0. The third kappa shape index (κ3) is 3.40. The molecule has 1 fully saturated rings. The molecule has 1 aliphatic heterocycles. The van der Waals surface area contributed by atoms with Gasteiger partial charge in [-0.3, -0.25) is 9.89 Å². The molecule has 4 rings (SSSR count). The standard InChI is InChI=1S/C20H22N6O2/c1-28-14-6-4-5-13(11-14)15-12-22-20(21)24-18(15)17-7-2-3-10-26(17)19(27)16-8-9-23-25-16/h4-6,8-9,11-12,17H,2-3,7,10H2,1H3,(H,23,25)(H2,21,22,24)/t17-/m1/s1. The third-order valence-electron chi connectivity index (χ3n) is 5.03. The fourth-order valence-corrected chi connectivity index (χ4v) is 3.66. The van der Waals surface area contributed by atoms with Gasteiger partial charge in [0.2, 0.25) is 5.95 Å². The van der Waals surface area contributed by atoms with Crippen LogP contribution in [0.3, 0.4) is 0 Å². The first-order chi connectivity index (χ1) is 13.7. The van der Waals surface area contributed by atoms with Gasteiger partial charge in [0.1, 0.15) is 11.4 Å². The number of piperidine rings is 1. The van der Waals surface area contributed by atoms with Crippen molar-refractivity contribution >= 4 is 11.9 Å². The highest BCUT2D eigenvalue weighted by atomic mass is 16.5. The average molecular weight is 378 g/mol. The Morgan fingerprint density at radius 2 is 2.21 bits per heavy atom. The van der Waals surface area contributed by atoms with Gasteiger partial charge in [0.25, 0.3) is 5.91 Å². The summed E-state index contributed by atoms with van der Waals surface area (Å²) in [6.45, 7) is 0.657. The maximum absolute atomic E-state index is 13.0. The van der Waals surface area contributed by atoms with Gasteiger partial charge in [-0.25, -0.2) is 9.97 Å². The Balaban J connectivity index is 1.78. The number of hydrogen-bond donors (Lipinski definition) is 2. The number of aromatic nitrogens is 4. The molecule has 1 aliphatic rings. The van der Waals surface area contributed by atoms with E-state index in [1.54, 1.807) is 25.6 Å². The van der Waals surface area contributed by atoms with E-state index in [2.05, 4.69) is 20.2 Å². The highest BCUT2D eigenvalue weighted by molar-refractivity contribution is 5.92. The van der Waals surface area contributed by atoms with E-state index in [0.717, 1.165) is 41.8 Å². The van der Waals surface area contributed by atoms with Crippen molar-refractivity contribution in [3.05, 3.63) is 54.1 Å². The summed E-state index contributed by atoms with van der Waals surface area (Å²) in [7, 11) is 1.63. The van der Waals surface area contributed by atoms with Gasteiger partial charge in [0, 0.05) is 24.5 Å². The van der Waals surface area contributed by atoms with Crippen LogP contribution in [0.1, 0.15) is 41.5 Å². The summed E-state index contributed by atoms with van der Waals surface area (Å²) >= 11 is 0. The number of nitrogens with two attached hydrogens (primary N) is 1. The molecule has 3 aromatic rings. The van der Waals surface area contributed by atoms with Crippen molar-refractivity contribution in [1.29, 1.82) is 0 Å². The highest BCUT2D eigenvalue weighted by Gasteiger charge is 2.32. The molecule has 0 radical (unpaired) electrons. The number of hydrogen-bond acceptors (Lipinski definition) is 6. The summed E-state index contributed by atoms with van der Waals surface area (Å²) < 4.78 is 5.35. The lowest BCUT2D eigenvalue weighted by Gasteiger charge is -2.36. The van der Waals surface area contributed by atoms with E-state index in [1.807, 2.05) is 29.2 Å². The van der Waals surface area contributed by atoms with Gasteiger partial charge >= 0.3 is 0 Å². The Kier molecular flexibility index (Phi) is 4.92. The topological polar surface area (TPSA) is 110 Å². The smallest absolute Gasteiger partial charge is 0.272 e. The minimum atomic E-state index is -0.184. The van der Waals surface area contributed by atoms with Crippen LogP contribution >= 0.6 is 0 Å². The number of carbonyl (C=O) groups excluding carboxylic acids is 1. The number of nitrogens with zero attached hydrogens (tertiary/aromatic N) is 4. The van der Waals surface area contributed by atoms with E-state index >= 15 is 0 Å². The van der Waals surface area contributed by atoms with Gasteiger partial charge in [-0.2, -0.15) is 5.10 Å². The Morgan fingerprint density at radius 3 is 3.00 bits per heavy atom. The van der Waals surface area contributed by atoms with E-state index in [9.17, 15) is 4.79 Å². The van der Waals surface area contributed by atoms with Crippen molar-refractivity contribution in [3.63, 3.8) is 0 Å². The van der Waals surface area contributed by atoms with Crippen molar-refractivity contribution in [1.82, 2.24) is 25.1 Å². The Hall–Kier alpha value is -3.42. The lowest BCUT2D eigenvalue weighted by atomic mass is 9.93. The second-order valence-electron chi connectivity index (χ2n) is 6.74. The molecule has 3 heterocycles. The zero-order valence-corrected chi connectivity index (χ0v) is 15.6. The third-order valence-corrected chi connectivity index (χ3v) is 5.03. The number of ether oxygens (including phenoxy) is 1. The van der Waals surface area contributed by atoms with Crippen LogP contribution in [0.15, 0.2) is 42.7 Å². The molecule has 2 aromatic heterocycles. The number of methoxy groups -OCH3 is 1. The number of likely N-dealkylation sites (tertiary alicyclic amines) is 1. The van der Waals surface area contributed by atoms with Crippen molar-refractivity contribution < 1.29 is 9.53 Å². The SMILES string of the molecule is COc1cccc(-c2cnc(N)nc2[C@H]2CCCCN2C(=O)c2ccn[nH]2)c1. The van der Waals surface area contributed by atoms with Crippen LogP contribution in [-0.2, 0) is 0 Å². The van der Waals surface area contributed by atoms with Crippen molar-refractivity contribution in [2.45, 2.75) is 25.3 Å². The molecule has 144 valence electrons. The van der Waals surface area contributed by atoms with E-state index in [4.69, 9.17) is 10.5 Å². The predicted octanol–water partition coefficient (Wildman–Crippen LogP) is 2.82. The van der Waals surface area contributed by atoms with Crippen LogP contribution in [0.2, 0.25) is 0 Å². The molecule has 0 saturated carbocycles. The molecule has 1 saturated heterocycles. The Morgan fingerprint density at radius 1 is 1.32 bits per heavy atom. The van der Waals surface area contributed by atoms with Crippen LogP contribution in [0.25, 0.3) is 11.1 Å². The van der Waals surface area contributed by atoms with E-state index in [-0.39, 0.29) is 17.9 Å². The quantitative estimate of drug-likeness (QED) is 0.722. The van der Waals surface area contributed by atoms with Gasteiger partial charge in [0.05, 0.1) is 18.8 Å². The van der Waals surface area contributed by atoms with Crippen LogP contribution < -0.4 is 10.5 Å². The van der Waals surface area contributed by atoms with Gasteiger partial charge < -0.3 is 15.4 Å². The van der Waals surface area contributed by atoms with Crippen molar-refractivity contribution in [3.8, 4) is 16.9 Å². The normalized spacial score (nSPS) is 16.8. The van der Waals surface area contributed by atoms with Crippen LogP contribution in [-0.4, -0.2) is 44.6 Å². The molecular formula is C20H22N6O2. The van der Waals surface area contributed by atoms with Gasteiger partial charge in [-0.1, -0.05) is 12.1 Å². The number of carbonyl (C=O) groups is 1. The van der Waals surface area contributed by atoms with Gasteiger partial charge in [-0.15, -0.1) is 0 Å².